The van der Waals surface area contributed by atoms with Gasteiger partial charge < -0.3 is 10.1 Å². The van der Waals surface area contributed by atoms with Gasteiger partial charge in [-0.1, -0.05) is 12.1 Å². The van der Waals surface area contributed by atoms with E-state index in [0.717, 1.165) is 22.6 Å². The van der Waals surface area contributed by atoms with E-state index in [-0.39, 0.29) is 29.7 Å². The normalized spacial score (nSPS) is 17.7. The number of rotatable bonds is 4. The lowest BCUT2D eigenvalue weighted by atomic mass is 9.89. The topological polar surface area (TPSA) is 73.2 Å². The zero-order chi connectivity index (χ0) is 19.8. The summed E-state index contributed by atoms with van der Waals surface area (Å²) >= 11 is 0. The molecule has 0 saturated heterocycles. The van der Waals surface area contributed by atoms with Gasteiger partial charge in [-0.15, -0.1) is 0 Å². The smallest absolute Gasteiger partial charge is 0.347 e. The van der Waals surface area contributed by atoms with Gasteiger partial charge in [0.2, 0.25) is 5.91 Å². The Balaban J connectivity index is 1.72. The van der Waals surface area contributed by atoms with E-state index >= 15 is 0 Å². The van der Waals surface area contributed by atoms with Crippen LogP contribution < -0.4 is 15.7 Å². The molecule has 0 saturated carbocycles. The van der Waals surface area contributed by atoms with Gasteiger partial charge in [0.1, 0.15) is 11.4 Å². The molecule has 2 aromatic rings. The SMILES string of the molecule is Cc1ccc2c(c1)OC(C)(C)CC2NC(=O)CCn1c(C)cc(C)nc1=O. The first kappa shape index (κ1) is 19.1. The van der Waals surface area contributed by atoms with Crippen LogP contribution >= 0.6 is 0 Å². The fourth-order valence-electron chi connectivity index (χ4n) is 3.61. The third kappa shape index (κ3) is 4.38. The van der Waals surface area contributed by atoms with Crippen LogP contribution in [0.3, 0.4) is 0 Å². The van der Waals surface area contributed by atoms with Crippen molar-refractivity contribution in [2.24, 2.45) is 0 Å². The molecule has 0 fully saturated rings. The van der Waals surface area contributed by atoms with E-state index in [0.29, 0.717) is 18.7 Å². The summed E-state index contributed by atoms with van der Waals surface area (Å²) in [6.45, 7) is 10.0. The number of aromatic nitrogens is 2. The third-order valence-corrected chi connectivity index (χ3v) is 4.87. The van der Waals surface area contributed by atoms with Crippen molar-refractivity contribution in [1.29, 1.82) is 0 Å². The van der Waals surface area contributed by atoms with Crippen LogP contribution in [0.2, 0.25) is 0 Å². The van der Waals surface area contributed by atoms with Crippen LogP contribution in [-0.4, -0.2) is 21.1 Å². The molecule has 1 aromatic heterocycles. The lowest BCUT2D eigenvalue weighted by Crippen LogP contribution is -2.41. The number of nitrogens with zero attached hydrogens (tertiary/aromatic N) is 2. The Hall–Kier alpha value is -2.63. The summed E-state index contributed by atoms with van der Waals surface area (Å²) in [5.74, 6) is 0.738. The second-order valence-electron chi connectivity index (χ2n) is 7.95. The maximum atomic E-state index is 12.6. The molecule has 1 N–H and O–H groups in total. The molecule has 0 radical (unpaired) electrons. The van der Waals surface area contributed by atoms with Crippen molar-refractivity contribution in [3.8, 4) is 5.75 Å². The van der Waals surface area contributed by atoms with Crippen molar-refractivity contribution in [3.63, 3.8) is 0 Å². The Labute approximate surface area is 159 Å². The minimum absolute atomic E-state index is 0.0869. The summed E-state index contributed by atoms with van der Waals surface area (Å²) in [5, 5.41) is 3.12. The molecule has 27 heavy (non-hydrogen) atoms. The Morgan fingerprint density at radius 3 is 2.74 bits per heavy atom. The quantitative estimate of drug-likeness (QED) is 0.899. The molecule has 0 bridgehead atoms. The highest BCUT2D eigenvalue weighted by atomic mass is 16.5. The van der Waals surface area contributed by atoms with Gasteiger partial charge in [0, 0.05) is 36.3 Å². The first-order valence-electron chi connectivity index (χ1n) is 9.29. The van der Waals surface area contributed by atoms with Gasteiger partial charge in [0.15, 0.2) is 0 Å². The van der Waals surface area contributed by atoms with Crippen molar-refractivity contribution in [2.45, 2.75) is 65.6 Å². The Kier molecular flexibility index (Phi) is 5.09. The van der Waals surface area contributed by atoms with Crippen molar-refractivity contribution >= 4 is 5.91 Å². The lowest BCUT2D eigenvalue weighted by molar-refractivity contribution is -0.122. The molecule has 1 aromatic carbocycles. The first-order valence-corrected chi connectivity index (χ1v) is 9.29. The van der Waals surface area contributed by atoms with Gasteiger partial charge in [-0.2, -0.15) is 4.98 Å². The number of ether oxygens (including phenoxy) is 1. The van der Waals surface area contributed by atoms with Crippen molar-refractivity contribution in [1.82, 2.24) is 14.9 Å². The average Bonchev–Trinajstić information content (AvgIpc) is 2.52. The highest BCUT2D eigenvalue weighted by Crippen LogP contribution is 2.39. The summed E-state index contributed by atoms with van der Waals surface area (Å²) in [6, 6.07) is 7.80. The van der Waals surface area contributed by atoms with Crippen LogP contribution in [0.4, 0.5) is 0 Å². The number of hydrogen-bond donors (Lipinski definition) is 1. The number of amides is 1. The zero-order valence-corrected chi connectivity index (χ0v) is 16.6. The second kappa shape index (κ2) is 7.18. The third-order valence-electron chi connectivity index (χ3n) is 4.87. The number of fused-ring (bicyclic) bond motifs is 1. The molecule has 0 aliphatic carbocycles. The predicted molar refractivity (Wildman–Crippen MR) is 104 cm³/mol. The van der Waals surface area contributed by atoms with E-state index < -0.39 is 0 Å². The van der Waals surface area contributed by atoms with E-state index in [9.17, 15) is 9.59 Å². The lowest BCUT2D eigenvalue weighted by Gasteiger charge is -2.38. The molecule has 0 spiro atoms. The summed E-state index contributed by atoms with van der Waals surface area (Å²) in [6.07, 6.45) is 0.921. The molecule has 1 unspecified atom stereocenters. The second-order valence-corrected chi connectivity index (χ2v) is 7.95. The number of benzene rings is 1. The highest BCUT2D eigenvalue weighted by Gasteiger charge is 2.34. The molecule has 6 nitrogen and oxygen atoms in total. The zero-order valence-electron chi connectivity index (χ0n) is 16.6. The van der Waals surface area contributed by atoms with E-state index in [1.54, 1.807) is 6.92 Å². The van der Waals surface area contributed by atoms with Crippen LogP contribution in [0.1, 0.15) is 55.2 Å². The van der Waals surface area contributed by atoms with E-state index in [2.05, 4.69) is 10.3 Å². The van der Waals surface area contributed by atoms with E-state index in [4.69, 9.17) is 4.74 Å². The molecule has 1 aliphatic rings. The van der Waals surface area contributed by atoms with Crippen LogP contribution in [0.15, 0.2) is 29.1 Å². The van der Waals surface area contributed by atoms with Crippen molar-refractivity contribution in [3.05, 3.63) is 57.3 Å². The van der Waals surface area contributed by atoms with Crippen LogP contribution in [-0.2, 0) is 11.3 Å². The van der Waals surface area contributed by atoms with Crippen molar-refractivity contribution < 1.29 is 9.53 Å². The number of carbonyl (C=O) groups excluding carboxylic acids is 1. The number of hydrogen-bond acceptors (Lipinski definition) is 4. The largest absolute Gasteiger partial charge is 0.487 e. The molecular weight excluding hydrogens is 342 g/mol. The summed E-state index contributed by atoms with van der Waals surface area (Å²) in [7, 11) is 0. The van der Waals surface area contributed by atoms with Crippen LogP contribution in [0.5, 0.6) is 5.75 Å². The van der Waals surface area contributed by atoms with Crippen LogP contribution in [0.25, 0.3) is 0 Å². The fourth-order valence-corrected chi connectivity index (χ4v) is 3.61. The van der Waals surface area contributed by atoms with Gasteiger partial charge >= 0.3 is 5.69 Å². The maximum absolute atomic E-state index is 12.6. The summed E-state index contributed by atoms with van der Waals surface area (Å²) in [5.41, 5.74) is 2.96. The van der Waals surface area contributed by atoms with Gasteiger partial charge in [-0.25, -0.2) is 4.79 Å². The van der Waals surface area contributed by atoms with Gasteiger partial charge in [-0.3, -0.25) is 9.36 Å². The maximum Gasteiger partial charge on any atom is 0.347 e. The molecule has 1 atom stereocenters. The van der Waals surface area contributed by atoms with Gasteiger partial charge in [-0.05, 0) is 52.3 Å². The monoisotopic (exact) mass is 369 g/mol. The summed E-state index contributed by atoms with van der Waals surface area (Å²) in [4.78, 5) is 28.6. The van der Waals surface area contributed by atoms with E-state index in [1.165, 1.54) is 4.57 Å². The number of aryl methyl sites for hydroxylation is 3. The number of carbonyl (C=O) groups is 1. The molecule has 1 amide bonds. The fraction of sp³-hybridized carbons (Fsp3) is 0.476. The minimum atomic E-state index is -0.354. The predicted octanol–water partition coefficient (Wildman–Crippen LogP) is 2.98. The van der Waals surface area contributed by atoms with Crippen LogP contribution in [0, 0.1) is 20.8 Å². The molecule has 2 heterocycles. The van der Waals surface area contributed by atoms with Crippen molar-refractivity contribution in [2.75, 3.05) is 0 Å². The average molecular weight is 369 g/mol. The molecule has 3 rings (SSSR count). The standard InChI is InChI=1S/C21H27N3O3/c1-13-6-7-16-17(12-21(4,5)27-18(16)10-13)23-19(25)8-9-24-15(3)11-14(2)22-20(24)26/h6-7,10-11,17H,8-9,12H2,1-5H3,(H,23,25). The summed E-state index contributed by atoms with van der Waals surface area (Å²) < 4.78 is 7.62. The first-order chi connectivity index (χ1) is 12.6. The number of nitrogens with one attached hydrogen (secondary N) is 1. The molecular formula is C21H27N3O3. The van der Waals surface area contributed by atoms with E-state index in [1.807, 2.05) is 52.0 Å². The minimum Gasteiger partial charge on any atom is -0.487 e. The molecule has 1 aliphatic heterocycles. The molecule has 6 heteroatoms. The van der Waals surface area contributed by atoms with Gasteiger partial charge in [0.25, 0.3) is 0 Å². The highest BCUT2D eigenvalue weighted by molar-refractivity contribution is 5.76. The Morgan fingerprint density at radius 1 is 1.30 bits per heavy atom. The molecule has 144 valence electrons. The van der Waals surface area contributed by atoms with Gasteiger partial charge in [0.05, 0.1) is 6.04 Å². The Morgan fingerprint density at radius 2 is 2.04 bits per heavy atom. The Bertz CT molecular complexity index is 931.